The summed E-state index contributed by atoms with van der Waals surface area (Å²) >= 11 is 0. The maximum atomic E-state index is 15.7. The third-order valence-corrected chi connectivity index (χ3v) is 8.40. The Morgan fingerprint density at radius 1 is 0.711 bits per heavy atom. The Balaban J connectivity index is 1.54. The first-order chi connectivity index (χ1) is 21.8. The summed E-state index contributed by atoms with van der Waals surface area (Å²) in [6, 6.07) is 17.1. The van der Waals surface area contributed by atoms with Gasteiger partial charge in [0, 0.05) is 12.0 Å². The molecule has 0 aliphatic carbocycles. The maximum Gasteiger partial charge on any atom is 0.336 e. The molecular formula is C39H51FO5. The lowest BCUT2D eigenvalue weighted by molar-refractivity contribution is -0.135. The Morgan fingerprint density at radius 3 is 1.76 bits per heavy atom. The van der Waals surface area contributed by atoms with Gasteiger partial charge in [0.15, 0.2) is 11.6 Å². The van der Waals surface area contributed by atoms with Crippen molar-refractivity contribution in [3.63, 3.8) is 0 Å². The molecule has 3 aromatic carbocycles. The summed E-state index contributed by atoms with van der Waals surface area (Å²) in [6.07, 6.45) is 16.1. The molecule has 6 heteroatoms. The summed E-state index contributed by atoms with van der Waals surface area (Å²) in [4.78, 5) is 24.1. The van der Waals surface area contributed by atoms with E-state index in [4.69, 9.17) is 9.47 Å². The highest BCUT2D eigenvalue weighted by Crippen LogP contribution is 2.34. The van der Waals surface area contributed by atoms with Gasteiger partial charge in [-0.25, -0.2) is 9.18 Å². The lowest BCUT2D eigenvalue weighted by Crippen LogP contribution is -2.11. The molecule has 0 aromatic heterocycles. The second-order valence-electron chi connectivity index (χ2n) is 12.1. The molecule has 45 heavy (non-hydrogen) atoms. The SMILES string of the molecule is CCCCCCCCCCCCCCOc1ccc(C(=O)O)c(-c2ccc(-c3ccc(OC(=O)C[C@@H](C)CC)cc3)cc2)c1F. The van der Waals surface area contributed by atoms with Crippen LogP contribution >= 0.6 is 0 Å². The molecule has 0 fully saturated rings. The molecule has 0 bridgehead atoms. The number of hydrogen-bond donors (Lipinski definition) is 1. The average Bonchev–Trinajstić information content (AvgIpc) is 3.04. The van der Waals surface area contributed by atoms with Crippen LogP contribution in [0.1, 0.15) is 121 Å². The number of ether oxygens (including phenoxy) is 2. The third-order valence-electron chi connectivity index (χ3n) is 8.40. The van der Waals surface area contributed by atoms with Crippen molar-refractivity contribution in [2.75, 3.05) is 6.61 Å². The summed E-state index contributed by atoms with van der Waals surface area (Å²) in [6.45, 7) is 6.69. The van der Waals surface area contributed by atoms with Gasteiger partial charge in [-0.2, -0.15) is 0 Å². The lowest BCUT2D eigenvalue weighted by Gasteiger charge is -2.14. The summed E-state index contributed by atoms with van der Waals surface area (Å²) in [7, 11) is 0. The number of esters is 1. The van der Waals surface area contributed by atoms with E-state index in [1.54, 1.807) is 24.3 Å². The molecule has 5 nitrogen and oxygen atoms in total. The molecule has 0 heterocycles. The van der Waals surface area contributed by atoms with E-state index >= 15 is 4.39 Å². The van der Waals surface area contributed by atoms with Gasteiger partial charge in [0.2, 0.25) is 0 Å². The van der Waals surface area contributed by atoms with Crippen molar-refractivity contribution >= 4 is 11.9 Å². The maximum absolute atomic E-state index is 15.7. The second-order valence-corrected chi connectivity index (χ2v) is 12.1. The molecule has 0 saturated carbocycles. The minimum atomic E-state index is -1.20. The van der Waals surface area contributed by atoms with Crippen molar-refractivity contribution in [1.82, 2.24) is 0 Å². The van der Waals surface area contributed by atoms with Crippen LogP contribution in [0.3, 0.4) is 0 Å². The Kier molecular flexibility index (Phi) is 15.6. The fourth-order valence-corrected chi connectivity index (χ4v) is 5.40. The van der Waals surface area contributed by atoms with Gasteiger partial charge >= 0.3 is 11.9 Å². The largest absolute Gasteiger partial charge is 0.490 e. The van der Waals surface area contributed by atoms with Crippen LogP contribution < -0.4 is 9.47 Å². The molecule has 3 aromatic rings. The fraction of sp³-hybridized carbons (Fsp3) is 0.487. The van der Waals surface area contributed by atoms with Crippen LogP contribution in [0.25, 0.3) is 22.3 Å². The van der Waals surface area contributed by atoms with Gasteiger partial charge in [-0.1, -0.05) is 134 Å². The molecule has 0 spiro atoms. The number of rotatable bonds is 21. The van der Waals surface area contributed by atoms with Crippen LogP contribution in [0, 0.1) is 11.7 Å². The molecular weight excluding hydrogens is 567 g/mol. The van der Waals surface area contributed by atoms with Crippen molar-refractivity contribution in [3.05, 3.63) is 72.0 Å². The zero-order valence-electron chi connectivity index (χ0n) is 27.4. The summed E-state index contributed by atoms with van der Waals surface area (Å²) in [5.41, 5.74) is 2.13. The number of carboxylic acids is 1. The van der Waals surface area contributed by atoms with Crippen LogP contribution in [0.15, 0.2) is 60.7 Å². The van der Waals surface area contributed by atoms with Gasteiger partial charge in [-0.3, -0.25) is 4.79 Å². The predicted octanol–water partition coefficient (Wildman–Crippen LogP) is 11.3. The number of unbranched alkanes of at least 4 members (excludes halogenated alkanes) is 11. The number of aromatic carboxylic acids is 1. The predicted molar refractivity (Wildman–Crippen MR) is 181 cm³/mol. The van der Waals surface area contributed by atoms with Crippen molar-refractivity contribution in [2.24, 2.45) is 5.92 Å². The smallest absolute Gasteiger partial charge is 0.336 e. The molecule has 0 aliphatic heterocycles. The minimum Gasteiger partial charge on any atom is -0.490 e. The topological polar surface area (TPSA) is 72.8 Å². The normalized spacial score (nSPS) is 11.7. The zero-order chi connectivity index (χ0) is 32.4. The van der Waals surface area contributed by atoms with Crippen LogP contribution in [0.5, 0.6) is 11.5 Å². The van der Waals surface area contributed by atoms with Gasteiger partial charge in [-0.15, -0.1) is 0 Å². The third kappa shape index (κ3) is 12.0. The fourth-order valence-electron chi connectivity index (χ4n) is 5.40. The lowest BCUT2D eigenvalue weighted by atomic mass is 9.96. The highest BCUT2D eigenvalue weighted by atomic mass is 19.1. The van der Waals surface area contributed by atoms with E-state index in [-0.39, 0.29) is 28.8 Å². The molecule has 3 rings (SSSR count). The Bertz CT molecular complexity index is 1320. The number of halogens is 1. The molecule has 0 saturated heterocycles. The minimum absolute atomic E-state index is 0.0183. The van der Waals surface area contributed by atoms with E-state index in [2.05, 4.69) is 6.92 Å². The van der Waals surface area contributed by atoms with Gasteiger partial charge in [-0.05, 0) is 53.3 Å². The number of hydrogen-bond acceptors (Lipinski definition) is 4. The van der Waals surface area contributed by atoms with Crippen LogP contribution in [0.2, 0.25) is 0 Å². The molecule has 0 unspecified atom stereocenters. The highest BCUT2D eigenvalue weighted by molar-refractivity contribution is 5.97. The van der Waals surface area contributed by atoms with Gasteiger partial charge < -0.3 is 14.6 Å². The monoisotopic (exact) mass is 618 g/mol. The summed E-state index contributed by atoms with van der Waals surface area (Å²) < 4.78 is 26.9. The standard InChI is InChI=1S/C39H51FO5/c1-4-6-7-8-9-10-11-12-13-14-15-16-27-44-35-26-25-34(39(42)43)37(38(35)40)32-19-17-30(18-20-32)31-21-23-33(24-22-31)45-36(41)28-29(3)5-2/h17-26,29H,4-16,27-28H2,1-3H3,(H,42,43)/t29-/m0/s1. The molecule has 1 atom stereocenters. The quantitative estimate of drug-likeness (QED) is 0.0730. The van der Waals surface area contributed by atoms with E-state index < -0.39 is 11.8 Å². The van der Waals surface area contributed by atoms with E-state index in [9.17, 15) is 14.7 Å². The van der Waals surface area contributed by atoms with Crippen LogP contribution in [-0.2, 0) is 4.79 Å². The first-order valence-corrected chi connectivity index (χ1v) is 16.9. The Hall–Kier alpha value is -3.67. The highest BCUT2D eigenvalue weighted by Gasteiger charge is 2.20. The van der Waals surface area contributed by atoms with Crippen molar-refractivity contribution in [2.45, 2.75) is 111 Å². The number of carbonyl (C=O) groups excluding carboxylic acids is 1. The first-order valence-electron chi connectivity index (χ1n) is 16.9. The zero-order valence-corrected chi connectivity index (χ0v) is 27.4. The summed E-state index contributed by atoms with van der Waals surface area (Å²) in [5.74, 6) is -1.28. The average molecular weight is 619 g/mol. The van der Waals surface area contributed by atoms with Crippen LogP contribution in [0.4, 0.5) is 4.39 Å². The van der Waals surface area contributed by atoms with E-state index in [1.165, 1.54) is 69.9 Å². The molecule has 1 N–H and O–H groups in total. The van der Waals surface area contributed by atoms with Gasteiger partial charge in [0.05, 0.1) is 12.2 Å². The van der Waals surface area contributed by atoms with E-state index in [0.29, 0.717) is 24.3 Å². The Morgan fingerprint density at radius 2 is 1.22 bits per heavy atom. The van der Waals surface area contributed by atoms with E-state index in [1.807, 2.05) is 38.1 Å². The van der Waals surface area contributed by atoms with Gasteiger partial charge in [0.1, 0.15) is 5.75 Å². The molecule has 0 aliphatic rings. The van der Waals surface area contributed by atoms with Crippen molar-refractivity contribution < 1.29 is 28.6 Å². The second kappa shape index (κ2) is 19.7. The molecule has 0 radical (unpaired) electrons. The van der Waals surface area contributed by atoms with Crippen LogP contribution in [-0.4, -0.2) is 23.7 Å². The number of carbonyl (C=O) groups is 2. The molecule has 0 amide bonds. The number of carboxylic acid groups (broad SMARTS) is 1. The van der Waals surface area contributed by atoms with Crippen molar-refractivity contribution in [1.29, 1.82) is 0 Å². The Labute approximate surface area is 269 Å². The number of benzene rings is 3. The molecule has 244 valence electrons. The van der Waals surface area contributed by atoms with Gasteiger partial charge in [0.25, 0.3) is 0 Å². The van der Waals surface area contributed by atoms with Crippen molar-refractivity contribution in [3.8, 4) is 33.8 Å². The van der Waals surface area contributed by atoms with E-state index in [0.717, 1.165) is 36.8 Å². The first kappa shape index (κ1) is 35.8. The summed E-state index contributed by atoms with van der Waals surface area (Å²) in [5, 5.41) is 9.78.